The minimum atomic E-state index is 0.358. The molecule has 2 fully saturated rings. The first-order chi connectivity index (χ1) is 10.7. The maximum atomic E-state index is 6.05. The van der Waals surface area contributed by atoms with E-state index in [1.165, 1.54) is 32.1 Å². The van der Waals surface area contributed by atoms with Crippen LogP contribution in [0.2, 0.25) is 0 Å². The van der Waals surface area contributed by atoms with Gasteiger partial charge in [0.05, 0.1) is 12.6 Å². The van der Waals surface area contributed by atoms with Crippen molar-refractivity contribution in [2.45, 2.75) is 77.5 Å². The number of ether oxygens (including phenoxy) is 1. The van der Waals surface area contributed by atoms with E-state index in [-0.39, 0.29) is 0 Å². The van der Waals surface area contributed by atoms with Crippen LogP contribution in [0.3, 0.4) is 0 Å². The van der Waals surface area contributed by atoms with Crippen molar-refractivity contribution in [1.82, 2.24) is 15.1 Å². The Morgan fingerprint density at radius 2 is 1.91 bits per heavy atom. The van der Waals surface area contributed by atoms with Crippen molar-refractivity contribution in [3.63, 3.8) is 0 Å². The van der Waals surface area contributed by atoms with Crippen LogP contribution < -0.4 is 0 Å². The molecule has 0 N–H and O–H groups in total. The van der Waals surface area contributed by atoms with Gasteiger partial charge in [0.25, 0.3) is 0 Å². The first-order valence-electron chi connectivity index (χ1n) is 8.82. The summed E-state index contributed by atoms with van der Waals surface area (Å²) in [5.74, 6) is 1.47. The van der Waals surface area contributed by atoms with Gasteiger partial charge in [-0.3, -0.25) is 4.90 Å². The summed E-state index contributed by atoms with van der Waals surface area (Å²) >= 11 is 0. The standard InChI is InChI=1S/C17H29N3O2/c1-4-15-18-19-16(22-15)12-20(3)13-11-14(21-5-2)17(13)9-7-6-8-10-17/h13-14H,4-12H2,1-3H3. The van der Waals surface area contributed by atoms with Crippen LogP contribution in [-0.2, 0) is 17.7 Å². The molecule has 1 spiro atoms. The summed E-state index contributed by atoms with van der Waals surface area (Å²) in [6.07, 6.45) is 9.05. The summed E-state index contributed by atoms with van der Waals surface area (Å²) in [6, 6.07) is 0.585. The molecule has 0 aliphatic heterocycles. The Morgan fingerprint density at radius 1 is 1.18 bits per heavy atom. The number of aryl methyl sites for hydroxylation is 1. The molecule has 5 heteroatoms. The van der Waals surface area contributed by atoms with E-state index in [1.807, 2.05) is 6.92 Å². The fraction of sp³-hybridized carbons (Fsp3) is 0.882. The molecule has 2 aliphatic rings. The third kappa shape index (κ3) is 2.81. The van der Waals surface area contributed by atoms with Gasteiger partial charge in [0.15, 0.2) is 0 Å². The molecular weight excluding hydrogens is 278 g/mol. The Bertz CT molecular complexity index is 482. The lowest BCUT2D eigenvalue weighted by atomic mass is 9.54. The molecule has 1 aromatic rings. The van der Waals surface area contributed by atoms with Crippen LogP contribution in [0.5, 0.6) is 0 Å². The van der Waals surface area contributed by atoms with Crippen molar-refractivity contribution in [1.29, 1.82) is 0 Å². The van der Waals surface area contributed by atoms with E-state index in [2.05, 4.69) is 29.1 Å². The lowest BCUT2D eigenvalue weighted by molar-refractivity contribution is -0.180. The normalized spacial score (nSPS) is 27.3. The van der Waals surface area contributed by atoms with E-state index in [4.69, 9.17) is 9.15 Å². The molecule has 0 bridgehead atoms. The number of nitrogens with zero attached hydrogens (tertiary/aromatic N) is 3. The Labute approximate surface area is 133 Å². The van der Waals surface area contributed by atoms with Crippen molar-refractivity contribution < 1.29 is 9.15 Å². The smallest absolute Gasteiger partial charge is 0.230 e. The average molecular weight is 307 g/mol. The van der Waals surface area contributed by atoms with Gasteiger partial charge >= 0.3 is 0 Å². The van der Waals surface area contributed by atoms with Crippen LogP contribution in [0.4, 0.5) is 0 Å². The molecule has 5 nitrogen and oxygen atoms in total. The Balaban J connectivity index is 1.67. The molecule has 1 aromatic heterocycles. The quantitative estimate of drug-likeness (QED) is 0.808. The van der Waals surface area contributed by atoms with E-state index in [1.54, 1.807) is 0 Å². The first-order valence-corrected chi connectivity index (χ1v) is 8.82. The van der Waals surface area contributed by atoms with Gasteiger partial charge in [0, 0.05) is 24.5 Å². The summed E-state index contributed by atoms with van der Waals surface area (Å²) in [6.45, 7) is 5.72. The van der Waals surface area contributed by atoms with E-state index >= 15 is 0 Å². The third-order valence-electron chi connectivity index (χ3n) is 5.62. The molecule has 2 aliphatic carbocycles. The van der Waals surface area contributed by atoms with Gasteiger partial charge in [-0.1, -0.05) is 26.2 Å². The lowest BCUT2D eigenvalue weighted by Crippen LogP contribution is -2.64. The second kappa shape index (κ2) is 6.67. The molecule has 2 saturated carbocycles. The lowest BCUT2D eigenvalue weighted by Gasteiger charge is -2.60. The maximum Gasteiger partial charge on any atom is 0.230 e. The van der Waals surface area contributed by atoms with Gasteiger partial charge in [-0.25, -0.2) is 0 Å². The van der Waals surface area contributed by atoms with E-state index in [0.29, 0.717) is 17.6 Å². The molecule has 22 heavy (non-hydrogen) atoms. The van der Waals surface area contributed by atoms with Crippen LogP contribution in [0.1, 0.15) is 64.2 Å². The second-order valence-electron chi connectivity index (χ2n) is 6.85. The fourth-order valence-corrected chi connectivity index (χ4v) is 4.46. The van der Waals surface area contributed by atoms with Crippen LogP contribution in [0.25, 0.3) is 0 Å². The highest BCUT2D eigenvalue weighted by molar-refractivity contribution is 5.09. The largest absolute Gasteiger partial charge is 0.424 e. The average Bonchev–Trinajstić information content (AvgIpc) is 2.99. The van der Waals surface area contributed by atoms with Crippen molar-refractivity contribution in [2.75, 3.05) is 13.7 Å². The fourth-order valence-electron chi connectivity index (χ4n) is 4.46. The summed E-state index contributed by atoms with van der Waals surface area (Å²) in [4.78, 5) is 2.41. The van der Waals surface area contributed by atoms with Gasteiger partial charge in [0.2, 0.25) is 11.8 Å². The zero-order valence-electron chi connectivity index (χ0n) is 14.2. The SMILES string of the molecule is CCOC1CC(N(C)Cc2nnc(CC)o2)C12CCCCC2. The Kier molecular flexibility index (Phi) is 4.83. The molecule has 0 radical (unpaired) electrons. The van der Waals surface area contributed by atoms with Crippen molar-refractivity contribution in [3.8, 4) is 0 Å². The van der Waals surface area contributed by atoms with Crippen LogP contribution in [0, 0.1) is 5.41 Å². The van der Waals surface area contributed by atoms with Crippen molar-refractivity contribution >= 4 is 0 Å². The Morgan fingerprint density at radius 3 is 2.55 bits per heavy atom. The van der Waals surface area contributed by atoms with E-state index in [9.17, 15) is 0 Å². The van der Waals surface area contributed by atoms with E-state index < -0.39 is 0 Å². The molecule has 124 valence electrons. The van der Waals surface area contributed by atoms with Crippen LogP contribution in [0.15, 0.2) is 4.42 Å². The van der Waals surface area contributed by atoms with Gasteiger partial charge in [-0.2, -0.15) is 0 Å². The molecule has 2 unspecified atom stereocenters. The molecule has 1 heterocycles. The molecule has 2 atom stereocenters. The van der Waals surface area contributed by atoms with Gasteiger partial charge in [0.1, 0.15) is 0 Å². The highest BCUT2D eigenvalue weighted by atomic mass is 16.5. The monoisotopic (exact) mass is 307 g/mol. The predicted molar refractivity (Wildman–Crippen MR) is 84.5 cm³/mol. The molecule has 0 amide bonds. The molecule has 0 saturated heterocycles. The topological polar surface area (TPSA) is 51.4 Å². The van der Waals surface area contributed by atoms with Crippen LogP contribution >= 0.6 is 0 Å². The highest BCUT2D eigenvalue weighted by Gasteiger charge is 2.56. The predicted octanol–water partition coefficient (Wildman–Crippen LogP) is 3.19. The first kappa shape index (κ1) is 15.9. The summed E-state index contributed by atoms with van der Waals surface area (Å²) in [7, 11) is 2.19. The van der Waals surface area contributed by atoms with Crippen LogP contribution in [-0.4, -0.2) is 40.9 Å². The number of hydrogen-bond acceptors (Lipinski definition) is 5. The van der Waals surface area contributed by atoms with Gasteiger partial charge in [-0.05, 0) is 33.2 Å². The zero-order valence-corrected chi connectivity index (χ0v) is 14.2. The minimum Gasteiger partial charge on any atom is -0.424 e. The van der Waals surface area contributed by atoms with Crippen molar-refractivity contribution in [2.24, 2.45) is 5.41 Å². The number of rotatable bonds is 6. The van der Waals surface area contributed by atoms with Crippen molar-refractivity contribution in [3.05, 3.63) is 11.8 Å². The molecule has 3 rings (SSSR count). The molecular formula is C17H29N3O2. The number of hydrogen-bond donors (Lipinski definition) is 0. The maximum absolute atomic E-state index is 6.05. The Hall–Kier alpha value is -0.940. The highest BCUT2D eigenvalue weighted by Crippen LogP contribution is 2.55. The van der Waals surface area contributed by atoms with Gasteiger partial charge in [-0.15, -0.1) is 10.2 Å². The third-order valence-corrected chi connectivity index (χ3v) is 5.62. The van der Waals surface area contributed by atoms with E-state index in [0.717, 1.165) is 37.8 Å². The summed E-state index contributed by atoms with van der Waals surface area (Å²) in [5, 5.41) is 8.24. The second-order valence-corrected chi connectivity index (χ2v) is 6.85. The summed E-state index contributed by atoms with van der Waals surface area (Å²) in [5.41, 5.74) is 0.358. The summed E-state index contributed by atoms with van der Waals surface area (Å²) < 4.78 is 11.7. The zero-order chi connectivity index (χ0) is 15.6. The molecule has 0 aromatic carbocycles. The minimum absolute atomic E-state index is 0.358. The number of aromatic nitrogens is 2. The van der Waals surface area contributed by atoms with Gasteiger partial charge < -0.3 is 9.15 Å².